The number of benzene rings is 1. The Kier molecular flexibility index (Phi) is 3.10. The minimum Gasteiger partial charge on any atom is -0.496 e. The number of hydrogen-bond donors (Lipinski definition) is 1. The molecule has 0 atom stereocenters. The Morgan fingerprint density at radius 1 is 1.22 bits per heavy atom. The zero-order chi connectivity index (χ0) is 13.3. The van der Waals surface area contributed by atoms with E-state index in [1.165, 1.54) is 4.68 Å². The van der Waals surface area contributed by atoms with Crippen molar-refractivity contribution in [3.63, 3.8) is 0 Å². The van der Waals surface area contributed by atoms with Crippen molar-refractivity contribution < 1.29 is 9.53 Å². The van der Waals surface area contributed by atoms with Gasteiger partial charge < -0.3 is 10.6 Å². The van der Waals surface area contributed by atoms with Crippen LogP contribution in [-0.4, -0.2) is 18.1 Å². The number of aldehydes is 1. The fourth-order valence-corrected chi connectivity index (χ4v) is 2.19. The first-order chi connectivity index (χ1) is 8.60. The maximum Gasteiger partial charge on any atom is 0.168 e. The molecule has 0 bridgehead atoms. The van der Waals surface area contributed by atoms with Crippen LogP contribution in [0.2, 0.25) is 0 Å². The third-order valence-electron chi connectivity index (χ3n) is 3.24. The molecule has 0 saturated heterocycles. The maximum absolute atomic E-state index is 11.0. The molecule has 2 aromatic rings. The van der Waals surface area contributed by atoms with Gasteiger partial charge in [0, 0.05) is 11.8 Å². The highest BCUT2D eigenvalue weighted by atomic mass is 16.5. The molecule has 0 spiro atoms. The van der Waals surface area contributed by atoms with Crippen molar-refractivity contribution in [2.45, 2.75) is 13.8 Å². The lowest BCUT2D eigenvalue weighted by Crippen LogP contribution is -2.10. The van der Waals surface area contributed by atoms with Crippen LogP contribution in [0.4, 0.5) is 0 Å². The van der Waals surface area contributed by atoms with Crippen molar-refractivity contribution in [2.75, 3.05) is 13.0 Å². The van der Waals surface area contributed by atoms with E-state index in [2.05, 4.69) is 0 Å². The molecule has 4 nitrogen and oxygen atoms in total. The van der Waals surface area contributed by atoms with Crippen LogP contribution < -0.4 is 10.6 Å². The van der Waals surface area contributed by atoms with Gasteiger partial charge in [0.1, 0.15) is 11.4 Å². The molecule has 4 heteroatoms. The monoisotopic (exact) mass is 244 g/mol. The SMILES string of the molecule is COc1cccc(-c2cn(N)c(C=O)c2C)c1C. The van der Waals surface area contributed by atoms with E-state index in [1.54, 1.807) is 13.3 Å². The summed E-state index contributed by atoms with van der Waals surface area (Å²) in [5, 5.41) is 0. The van der Waals surface area contributed by atoms with Crippen LogP contribution in [0.1, 0.15) is 21.6 Å². The second kappa shape index (κ2) is 4.56. The Morgan fingerprint density at radius 2 is 1.94 bits per heavy atom. The van der Waals surface area contributed by atoms with Crippen LogP contribution in [0.5, 0.6) is 5.75 Å². The van der Waals surface area contributed by atoms with E-state index >= 15 is 0 Å². The Balaban J connectivity index is 2.66. The average molecular weight is 244 g/mol. The molecule has 0 saturated carbocycles. The molecule has 2 N–H and O–H groups in total. The lowest BCUT2D eigenvalue weighted by Gasteiger charge is -2.09. The molecule has 2 rings (SSSR count). The lowest BCUT2D eigenvalue weighted by molar-refractivity contribution is 0.111. The van der Waals surface area contributed by atoms with Crippen LogP contribution >= 0.6 is 0 Å². The number of nitrogens with zero attached hydrogens (tertiary/aromatic N) is 1. The van der Waals surface area contributed by atoms with E-state index in [4.69, 9.17) is 10.6 Å². The van der Waals surface area contributed by atoms with Crippen LogP contribution in [0.3, 0.4) is 0 Å². The van der Waals surface area contributed by atoms with Crippen molar-refractivity contribution in [2.24, 2.45) is 0 Å². The number of carbonyl (C=O) groups excluding carboxylic acids is 1. The van der Waals surface area contributed by atoms with Gasteiger partial charge in [0.2, 0.25) is 0 Å². The summed E-state index contributed by atoms with van der Waals surface area (Å²) in [6.45, 7) is 3.88. The summed E-state index contributed by atoms with van der Waals surface area (Å²) in [6, 6.07) is 5.83. The van der Waals surface area contributed by atoms with Gasteiger partial charge in [-0.15, -0.1) is 0 Å². The van der Waals surface area contributed by atoms with E-state index in [1.807, 2.05) is 32.0 Å². The highest BCUT2D eigenvalue weighted by Crippen LogP contribution is 2.33. The summed E-state index contributed by atoms with van der Waals surface area (Å²) < 4.78 is 6.66. The van der Waals surface area contributed by atoms with Gasteiger partial charge >= 0.3 is 0 Å². The maximum atomic E-state index is 11.0. The summed E-state index contributed by atoms with van der Waals surface area (Å²) in [4.78, 5) is 11.0. The van der Waals surface area contributed by atoms with E-state index in [0.717, 1.165) is 34.3 Å². The highest BCUT2D eigenvalue weighted by Gasteiger charge is 2.14. The topological polar surface area (TPSA) is 57.2 Å². The van der Waals surface area contributed by atoms with Crippen LogP contribution in [0.25, 0.3) is 11.1 Å². The predicted octanol–water partition coefficient (Wildman–Crippen LogP) is 2.31. The average Bonchev–Trinajstić information content (AvgIpc) is 2.64. The molecule has 0 aliphatic heterocycles. The summed E-state index contributed by atoms with van der Waals surface area (Å²) in [5.74, 6) is 6.59. The lowest BCUT2D eigenvalue weighted by atomic mass is 9.99. The van der Waals surface area contributed by atoms with Gasteiger partial charge in [0.05, 0.1) is 7.11 Å². The number of rotatable bonds is 3. The molecule has 0 unspecified atom stereocenters. The molecule has 0 radical (unpaired) electrons. The Bertz CT molecular complexity index is 600. The molecule has 1 aromatic heterocycles. The smallest absolute Gasteiger partial charge is 0.168 e. The van der Waals surface area contributed by atoms with Crippen molar-refractivity contribution in [3.8, 4) is 16.9 Å². The molecule has 0 fully saturated rings. The first kappa shape index (κ1) is 12.2. The molecule has 18 heavy (non-hydrogen) atoms. The standard InChI is InChI=1S/C14H16N2O2/c1-9-12(7-16(15)13(9)8-17)11-5-4-6-14(18-3)10(11)2/h4-8H,15H2,1-3H3. The molecule has 94 valence electrons. The fraction of sp³-hybridized carbons (Fsp3) is 0.214. The number of nitrogen functional groups attached to an aromatic ring is 1. The molecule has 1 aromatic carbocycles. The van der Waals surface area contributed by atoms with E-state index < -0.39 is 0 Å². The molecule has 0 aliphatic rings. The number of nitrogens with two attached hydrogens (primary N) is 1. The number of hydrogen-bond acceptors (Lipinski definition) is 3. The third-order valence-corrected chi connectivity index (χ3v) is 3.24. The fourth-order valence-electron chi connectivity index (χ4n) is 2.19. The summed E-state index contributed by atoms with van der Waals surface area (Å²) >= 11 is 0. The van der Waals surface area contributed by atoms with Crippen molar-refractivity contribution in [3.05, 3.63) is 41.2 Å². The second-order valence-electron chi connectivity index (χ2n) is 4.21. The van der Waals surface area contributed by atoms with Crippen molar-refractivity contribution >= 4 is 6.29 Å². The Morgan fingerprint density at radius 3 is 2.50 bits per heavy atom. The van der Waals surface area contributed by atoms with Crippen molar-refractivity contribution in [1.29, 1.82) is 0 Å². The van der Waals surface area contributed by atoms with E-state index in [9.17, 15) is 4.79 Å². The second-order valence-corrected chi connectivity index (χ2v) is 4.21. The van der Waals surface area contributed by atoms with Crippen LogP contribution in [0.15, 0.2) is 24.4 Å². The zero-order valence-corrected chi connectivity index (χ0v) is 10.7. The minimum absolute atomic E-state index is 0.493. The largest absolute Gasteiger partial charge is 0.496 e. The Hall–Kier alpha value is -2.23. The van der Waals surface area contributed by atoms with Crippen LogP contribution in [0, 0.1) is 13.8 Å². The molecule has 0 aliphatic carbocycles. The van der Waals surface area contributed by atoms with Gasteiger partial charge in [-0.2, -0.15) is 0 Å². The van der Waals surface area contributed by atoms with Gasteiger partial charge in [-0.05, 0) is 36.6 Å². The molecule has 1 heterocycles. The van der Waals surface area contributed by atoms with Gasteiger partial charge in [-0.1, -0.05) is 12.1 Å². The van der Waals surface area contributed by atoms with E-state index in [-0.39, 0.29) is 0 Å². The molecular formula is C14H16N2O2. The first-order valence-corrected chi connectivity index (χ1v) is 5.66. The summed E-state index contributed by atoms with van der Waals surface area (Å²) in [6.07, 6.45) is 2.54. The first-order valence-electron chi connectivity index (χ1n) is 5.66. The number of aromatic nitrogens is 1. The van der Waals surface area contributed by atoms with Crippen LogP contribution in [-0.2, 0) is 0 Å². The van der Waals surface area contributed by atoms with Gasteiger partial charge in [0.15, 0.2) is 6.29 Å². The summed E-state index contributed by atoms with van der Waals surface area (Å²) in [7, 11) is 1.64. The number of carbonyl (C=O) groups is 1. The minimum atomic E-state index is 0.493. The quantitative estimate of drug-likeness (QED) is 0.665. The normalized spacial score (nSPS) is 10.4. The summed E-state index contributed by atoms with van der Waals surface area (Å²) in [5.41, 5.74) is 4.39. The van der Waals surface area contributed by atoms with Gasteiger partial charge in [-0.25, -0.2) is 0 Å². The third kappa shape index (κ3) is 1.76. The van der Waals surface area contributed by atoms with E-state index in [0.29, 0.717) is 5.69 Å². The van der Waals surface area contributed by atoms with Gasteiger partial charge in [0.25, 0.3) is 0 Å². The molecule has 0 amide bonds. The van der Waals surface area contributed by atoms with Crippen molar-refractivity contribution in [1.82, 2.24) is 4.68 Å². The Labute approximate surface area is 106 Å². The molecular weight excluding hydrogens is 228 g/mol. The zero-order valence-electron chi connectivity index (χ0n) is 10.7. The number of methoxy groups -OCH3 is 1. The van der Waals surface area contributed by atoms with Gasteiger partial charge in [-0.3, -0.25) is 9.47 Å². The number of ether oxygens (including phenoxy) is 1. The predicted molar refractivity (Wildman–Crippen MR) is 71.4 cm³/mol. The highest BCUT2D eigenvalue weighted by molar-refractivity contribution is 5.83.